The Hall–Kier alpha value is -3.44. The number of likely N-dealkylation sites (tertiary alicyclic amines) is 1. The molecule has 0 spiro atoms. The number of hydrogen-bond acceptors (Lipinski definition) is 6. The van der Waals surface area contributed by atoms with E-state index in [0.29, 0.717) is 13.1 Å². The largest absolute Gasteiger partial charge is 0.370 e. The number of anilines is 1. The summed E-state index contributed by atoms with van der Waals surface area (Å²) in [6, 6.07) is 7.58. The van der Waals surface area contributed by atoms with Gasteiger partial charge in [-0.25, -0.2) is 9.59 Å². The number of nitrogens with zero attached hydrogens (tertiary/aromatic N) is 5. The van der Waals surface area contributed by atoms with Crippen molar-refractivity contribution in [2.45, 2.75) is 32.4 Å². The summed E-state index contributed by atoms with van der Waals surface area (Å²) in [7, 11) is 0. The van der Waals surface area contributed by atoms with Crippen LogP contribution in [0.15, 0.2) is 40.2 Å². The number of aromatic nitrogens is 2. The van der Waals surface area contributed by atoms with E-state index in [9.17, 15) is 9.59 Å². The number of carbonyl (C=O) groups is 1. The molecule has 182 valence electrons. The highest BCUT2D eigenvalue weighted by Crippen LogP contribution is 2.20. The highest BCUT2D eigenvalue weighted by Gasteiger charge is 2.20. The van der Waals surface area contributed by atoms with Crippen molar-refractivity contribution in [3.8, 4) is 5.69 Å². The van der Waals surface area contributed by atoms with Crippen molar-refractivity contribution >= 4 is 17.8 Å². The molecule has 2 aliphatic heterocycles. The van der Waals surface area contributed by atoms with Crippen molar-refractivity contribution in [1.82, 2.24) is 24.7 Å². The van der Waals surface area contributed by atoms with Crippen LogP contribution in [0.2, 0.25) is 0 Å². The van der Waals surface area contributed by atoms with Gasteiger partial charge in [0.25, 0.3) is 0 Å². The number of nitrogens with two attached hydrogens (primary N) is 2. The third-order valence-corrected chi connectivity index (χ3v) is 6.33. The quantitative estimate of drug-likeness (QED) is 0.363. The van der Waals surface area contributed by atoms with E-state index in [1.807, 2.05) is 19.1 Å². The van der Waals surface area contributed by atoms with Crippen molar-refractivity contribution in [3.05, 3.63) is 52.1 Å². The summed E-state index contributed by atoms with van der Waals surface area (Å²) in [6.07, 6.45) is 3.52. The van der Waals surface area contributed by atoms with Gasteiger partial charge in [-0.2, -0.15) is 4.98 Å². The summed E-state index contributed by atoms with van der Waals surface area (Å²) in [5.41, 5.74) is 13.6. The first-order valence-corrected chi connectivity index (χ1v) is 11.7. The van der Waals surface area contributed by atoms with Crippen LogP contribution in [-0.2, 0) is 6.54 Å². The normalized spacial score (nSPS) is 17.4. The van der Waals surface area contributed by atoms with E-state index in [1.165, 1.54) is 10.1 Å². The first-order valence-electron chi connectivity index (χ1n) is 11.7. The van der Waals surface area contributed by atoms with Crippen LogP contribution in [0, 0.1) is 6.92 Å². The van der Waals surface area contributed by atoms with Crippen LogP contribution in [-0.4, -0.2) is 76.7 Å². The summed E-state index contributed by atoms with van der Waals surface area (Å²) in [6.45, 7) is 7.53. The average molecular weight is 468 g/mol. The molecule has 2 fully saturated rings. The summed E-state index contributed by atoms with van der Waals surface area (Å²) in [5, 5.41) is 5.92. The Morgan fingerprint density at radius 2 is 1.91 bits per heavy atom. The van der Waals surface area contributed by atoms with Crippen LogP contribution in [0.3, 0.4) is 0 Å². The number of aryl methyl sites for hydroxylation is 1. The van der Waals surface area contributed by atoms with E-state index in [2.05, 4.69) is 31.6 Å². The number of urea groups is 1. The third kappa shape index (κ3) is 5.91. The van der Waals surface area contributed by atoms with E-state index in [-0.39, 0.29) is 23.9 Å². The van der Waals surface area contributed by atoms with Gasteiger partial charge in [-0.05, 0) is 49.1 Å². The summed E-state index contributed by atoms with van der Waals surface area (Å²) < 4.78 is 1.48. The molecule has 3 heterocycles. The molecule has 0 radical (unpaired) electrons. The van der Waals surface area contributed by atoms with Gasteiger partial charge >= 0.3 is 11.7 Å². The highest BCUT2D eigenvalue weighted by molar-refractivity contribution is 5.88. The van der Waals surface area contributed by atoms with E-state index >= 15 is 0 Å². The van der Waals surface area contributed by atoms with Crippen LogP contribution in [0.25, 0.3) is 5.69 Å². The lowest BCUT2D eigenvalue weighted by atomic mass is 10.0. The number of piperazine rings is 1. The minimum Gasteiger partial charge on any atom is -0.370 e. The average Bonchev–Trinajstić information content (AvgIpc) is 2.82. The molecular formula is C23H33N9O2. The predicted octanol–water partition coefficient (Wildman–Crippen LogP) is 0.216. The fourth-order valence-corrected chi connectivity index (χ4v) is 4.39. The molecule has 2 saturated heterocycles. The maximum Gasteiger partial charge on any atom is 0.354 e. The van der Waals surface area contributed by atoms with E-state index in [1.54, 1.807) is 17.2 Å². The lowest BCUT2D eigenvalue weighted by molar-refractivity contribution is 0.204. The summed E-state index contributed by atoms with van der Waals surface area (Å²) >= 11 is 0. The molecule has 4 rings (SSSR count). The number of piperidine rings is 1. The number of benzene rings is 1. The van der Waals surface area contributed by atoms with E-state index < -0.39 is 5.69 Å². The van der Waals surface area contributed by atoms with Gasteiger partial charge in [-0.3, -0.25) is 19.8 Å². The van der Waals surface area contributed by atoms with Crippen LogP contribution >= 0.6 is 0 Å². The molecule has 1 aromatic carbocycles. The Morgan fingerprint density at radius 3 is 2.56 bits per heavy atom. The lowest BCUT2D eigenvalue weighted by Crippen LogP contribution is -2.48. The smallest absolute Gasteiger partial charge is 0.354 e. The van der Waals surface area contributed by atoms with Crippen LogP contribution < -0.4 is 27.8 Å². The fourth-order valence-electron chi connectivity index (χ4n) is 4.39. The molecule has 2 amide bonds. The topological polar surface area (TPSA) is 147 Å². The summed E-state index contributed by atoms with van der Waals surface area (Å²) in [5.74, 6) is 0.409. The molecular weight excluding hydrogens is 434 g/mol. The zero-order valence-electron chi connectivity index (χ0n) is 19.5. The first kappa shape index (κ1) is 23.7. The molecule has 1 aromatic heterocycles. The van der Waals surface area contributed by atoms with Gasteiger partial charge in [-0.1, -0.05) is 6.07 Å². The van der Waals surface area contributed by atoms with Gasteiger partial charge in [0.05, 0.1) is 11.7 Å². The Morgan fingerprint density at radius 1 is 1.18 bits per heavy atom. The molecule has 11 nitrogen and oxygen atoms in total. The Balaban J connectivity index is 1.39. The highest BCUT2D eigenvalue weighted by atomic mass is 16.2. The molecule has 2 aliphatic rings. The third-order valence-electron chi connectivity index (χ3n) is 6.33. The minimum atomic E-state index is -0.438. The fraction of sp³-hybridized carbons (Fsp3) is 0.478. The second-order valence-electron chi connectivity index (χ2n) is 8.80. The Kier molecular flexibility index (Phi) is 7.43. The Bertz CT molecular complexity index is 1100. The van der Waals surface area contributed by atoms with Gasteiger partial charge in [0, 0.05) is 52.0 Å². The monoisotopic (exact) mass is 467 g/mol. The number of nitrogens with one attached hydrogen (secondary N) is 2. The number of hydrogen-bond donors (Lipinski definition) is 4. The second-order valence-corrected chi connectivity index (χ2v) is 8.80. The van der Waals surface area contributed by atoms with Gasteiger partial charge in [0.1, 0.15) is 5.82 Å². The number of guanidine groups is 1. The van der Waals surface area contributed by atoms with E-state index in [0.717, 1.165) is 56.8 Å². The van der Waals surface area contributed by atoms with E-state index in [4.69, 9.17) is 11.5 Å². The molecule has 0 saturated carbocycles. The molecule has 0 aliphatic carbocycles. The van der Waals surface area contributed by atoms with Gasteiger partial charge in [0.15, 0.2) is 5.96 Å². The van der Waals surface area contributed by atoms with Crippen LogP contribution in [0.4, 0.5) is 10.6 Å². The Labute approximate surface area is 198 Å². The maximum absolute atomic E-state index is 12.7. The van der Waals surface area contributed by atoms with Crippen molar-refractivity contribution in [1.29, 1.82) is 0 Å². The minimum absolute atomic E-state index is 0.157. The zero-order chi connectivity index (χ0) is 24.1. The number of amides is 2. The molecule has 0 bridgehead atoms. The zero-order valence-corrected chi connectivity index (χ0v) is 19.5. The number of carbonyl (C=O) groups excluding carboxylic acids is 1. The SMILES string of the molecule is Cc1cc(-n2ccc(NC(=O)N3CCNCC3)nc2=O)ccc1CN1CCC(N=C(N)N)CC1. The lowest BCUT2D eigenvalue weighted by Gasteiger charge is -2.30. The number of aliphatic imine (C=N–C) groups is 1. The van der Waals surface area contributed by atoms with Crippen LogP contribution in [0.1, 0.15) is 24.0 Å². The van der Waals surface area contributed by atoms with Gasteiger partial charge < -0.3 is 21.7 Å². The van der Waals surface area contributed by atoms with Crippen LogP contribution in [0.5, 0.6) is 0 Å². The maximum atomic E-state index is 12.7. The van der Waals surface area contributed by atoms with Gasteiger partial charge in [-0.15, -0.1) is 0 Å². The standard InChI is InChI=1S/C23H33N9O2/c1-16-14-19(3-2-17(16)15-30-9-4-18(5-10-30)27-21(24)25)32-11-6-20(29-23(32)34)28-22(33)31-12-7-26-8-13-31/h2-3,6,11,14,18,26H,4-5,7-10,12-13,15H2,1H3,(H4,24,25,27)(H,28,29,33,34). The first-order chi connectivity index (χ1) is 16.4. The molecule has 6 N–H and O–H groups in total. The summed E-state index contributed by atoms with van der Waals surface area (Å²) in [4.78, 5) is 37.4. The van der Waals surface area contributed by atoms with Crippen molar-refractivity contribution in [2.75, 3.05) is 44.6 Å². The van der Waals surface area contributed by atoms with Crippen molar-refractivity contribution in [3.63, 3.8) is 0 Å². The molecule has 34 heavy (non-hydrogen) atoms. The molecule has 0 atom stereocenters. The number of rotatable bonds is 5. The van der Waals surface area contributed by atoms with Gasteiger partial charge in [0.2, 0.25) is 0 Å². The predicted molar refractivity (Wildman–Crippen MR) is 132 cm³/mol. The molecule has 0 unspecified atom stereocenters. The van der Waals surface area contributed by atoms with Crippen molar-refractivity contribution in [2.24, 2.45) is 16.5 Å². The molecule has 2 aromatic rings. The second kappa shape index (κ2) is 10.7. The molecule has 11 heteroatoms. The van der Waals surface area contributed by atoms with Crippen molar-refractivity contribution < 1.29 is 4.79 Å².